The van der Waals surface area contributed by atoms with Crippen molar-refractivity contribution in [3.63, 3.8) is 0 Å². The van der Waals surface area contributed by atoms with Crippen LogP contribution in [0.25, 0.3) is 0 Å². The molecule has 2 fully saturated rings. The molecular weight excluding hydrogens is 238 g/mol. The van der Waals surface area contributed by atoms with Gasteiger partial charge in [0.15, 0.2) is 5.79 Å². The van der Waals surface area contributed by atoms with E-state index in [0.717, 1.165) is 32.1 Å². The molecule has 19 heavy (non-hydrogen) atoms. The van der Waals surface area contributed by atoms with Gasteiger partial charge in [0, 0.05) is 18.9 Å². The van der Waals surface area contributed by atoms with E-state index < -0.39 is 0 Å². The van der Waals surface area contributed by atoms with Crippen LogP contribution in [0.5, 0.6) is 0 Å². The van der Waals surface area contributed by atoms with E-state index in [9.17, 15) is 0 Å². The van der Waals surface area contributed by atoms with Crippen molar-refractivity contribution in [1.82, 2.24) is 4.90 Å². The molecule has 1 aliphatic carbocycles. The van der Waals surface area contributed by atoms with Gasteiger partial charge < -0.3 is 14.4 Å². The molecule has 0 amide bonds. The molecule has 1 spiro atoms. The first-order valence-corrected chi connectivity index (χ1v) is 8.24. The monoisotopic (exact) mass is 269 g/mol. The van der Waals surface area contributed by atoms with Crippen molar-refractivity contribution in [2.75, 3.05) is 26.8 Å². The zero-order valence-corrected chi connectivity index (χ0v) is 12.8. The summed E-state index contributed by atoms with van der Waals surface area (Å²) < 4.78 is 11.6. The third-order valence-electron chi connectivity index (χ3n) is 4.77. The molecule has 2 rings (SSSR count). The lowest BCUT2D eigenvalue weighted by atomic mass is 9.89. The van der Waals surface area contributed by atoms with E-state index in [1.54, 1.807) is 0 Å². The summed E-state index contributed by atoms with van der Waals surface area (Å²) in [6.45, 7) is 5.11. The van der Waals surface area contributed by atoms with E-state index >= 15 is 0 Å². The fourth-order valence-electron chi connectivity index (χ4n) is 3.42. The summed E-state index contributed by atoms with van der Waals surface area (Å²) in [5.41, 5.74) is 0. The molecule has 112 valence electrons. The third kappa shape index (κ3) is 4.44. The summed E-state index contributed by atoms with van der Waals surface area (Å²) in [4.78, 5) is 2.56. The van der Waals surface area contributed by atoms with E-state index in [1.165, 1.54) is 51.5 Å². The first-order chi connectivity index (χ1) is 9.26. The fourth-order valence-corrected chi connectivity index (χ4v) is 3.42. The van der Waals surface area contributed by atoms with Crippen molar-refractivity contribution in [3.05, 3.63) is 0 Å². The molecule has 0 aromatic carbocycles. The van der Waals surface area contributed by atoms with Gasteiger partial charge in [-0.25, -0.2) is 0 Å². The molecule has 1 aliphatic heterocycles. The minimum absolute atomic E-state index is 0.196. The van der Waals surface area contributed by atoms with E-state index in [4.69, 9.17) is 9.47 Å². The molecule has 3 heteroatoms. The van der Waals surface area contributed by atoms with Crippen LogP contribution in [0, 0.1) is 0 Å². The van der Waals surface area contributed by atoms with Gasteiger partial charge in [0.05, 0.1) is 13.2 Å². The average Bonchev–Trinajstić information content (AvgIpc) is 2.87. The highest BCUT2D eigenvalue weighted by Crippen LogP contribution is 2.37. The lowest BCUT2D eigenvalue weighted by Gasteiger charge is -2.39. The van der Waals surface area contributed by atoms with Gasteiger partial charge in [-0.2, -0.15) is 0 Å². The zero-order chi connectivity index (χ0) is 13.6. The molecule has 1 saturated carbocycles. The Morgan fingerprint density at radius 2 is 1.63 bits per heavy atom. The largest absolute Gasteiger partial charge is 0.348 e. The second kappa shape index (κ2) is 7.61. The van der Waals surface area contributed by atoms with Crippen LogP contribution in [0.15, 0.2) is 0 Å². The molecule has 1 saturated heterocycles. The van der Waals surface area contributed by atoms with Crippen LogP contribution in [0.1, 0.15) is 64.7 Å². The van der Waals surface area contributed by atoms with Crippen molar-refractivity contribution >= 4 is 0 Å². The Morgan fingerprint density at radius 3 is 2.26 bits per heavy atom. The number of ether oxygens (including phenoxy) is 2. The minimum Gasteiger partial charge on any atom is -0.348 e. The fraction of sp³-hybridized carbons (Fsp3) is 1.00. The lowest BCUT2D eigenvalue weighted by molar-refractivity contribution is -0.183. The Balaban J connectivity index is 1.60. The summed E-state index contributed by atoms with van der Waals surface area (Å²) in [5, 5.41) is 0. The summed E-state index contributed by atoms with van der Waals surface area (Å²) in [5.74, 6) is -0.196. The maximum Gasteiger partial charge on any atom is 0.168 e. The number of hydrogen-bond donors (Lipinski definition) is 0. The van der Waals surface area contributed by atoms with Gasteiger partial charge in [0.2, 0.25) is 0 Å². The first kappa shape index (κ1) is 15.3. The van der Waals surface area contributed by atoms with Crippen molar-refractivity contribution in [3.8, 4) is 0 Å². The summed E-state index contributed by atoms with van der Waals surface area (Å²) >= 11 is 0. The number of unbranched alkanes of at least 4 members (excludes halogenated alkanes) is 4. The second-order valence-corrected chi connectivity index (χ2v) is 6.23. The highest BCUT2D eigenvalue weighted by molar-refractivity contribution is 4.85. The molecule has 0 radical (unpaired) electrons. The first-order valence-electron chi connectivity index (χ1n) is 8.24. The SMILES string of the molecule is CCCCCCCN(C)C1CCC2(CC1)OCCO2. The van der Waals surface area contributed by atoms with Crippen molar-refractivity contribution in [2.24, 2.45) is 0 Å². The quantitative estimate of drug-likeness (QED) is 0.659. The highest BCUT2D eigenvalue weighted by atomic mass is 16.7. The molecular formula is C16H31NO2. The van der Waals surface area contributed by atoms with Crippen LogP contribution in [-0.2, 0) is 9.47 Å². The van der Waals surface area contributed by atoms with Gasteiger partial charge in [-0.05, 0) is 32.9 Å². The second-order valence-electron chi connectivity index (χ2n) is 6.23. The van der Waals surface area contributed by atoms with E-state index in [1.807, 2.05) is 0 Å². The Bertz CT molecular complexity index is 241. The summed E-state index contributed by atoms with van der Waals surface area (Å²) in [7, 11) is 2.29. The number of hydrogen-bond acceptors (Lipinski definition) is 3. The van der Waals surface area contributed by atoms with Crippen molar-refractivity contribution in [1.29, 1.82) is 0 Å². The van der Waals surface area contributed by atoms with E-state index in [-0.39, 0.29) is 5.79 Å². The van der Waals surface area contributed by atoms with Crippen LogP contribution < -0.4 is 0 Å². The Labute approximate surface area is 118 Å². The molecule has 0 atom stereocenters. The average molecular weight is 269 g/mol. The molecule has 1 heterocycles. The molecule has 0 bridgehead atoms. The van der Waals surface area contributed by atoms with E-state index in [2.05, 4.69) is 18.9 Å². The van der Waals surface area contributed by atoms with Crippen LogP contribution in [-0.4, -0.2) is 43.5 Å². The van der Waals surface area contributed by atoms with E-state index in [0.29, 0.717) is 0 Å². The topological polar surface area (TPSA) is 21.7 Å². The van der Waals surface area contributed by atoms with Gasteiger partial charge in [-0.3, -0.25) is 0 Å². The molecule has 0 aromatic heterocycles. The molecule has 0 aromatic rings. The van der Waals surface area contributed by atoms with Gasteiger partial charge in [-0.1, -0.05) is 32.6 Å². The predicted molar refractivity (Wildman–Crippen MR) is 78.3 cm³/mol. The van der Waals surface area contributed by atoms with Crippen LogP contribution in [0.4, 0.5) is 0 Å². The smallest absolute Gasteiger partial charge is 0.168 e. The normalized spacial score (nSPS) is 23.5. The predicted octanol–water partition coefficient (Wildman–Crippen LogP) is 3.57. The standard InChI is InChI=1S/C16H31NO2/c1-3-4-5-6-7-12-17(2)15-8-10-16(11-9-15)18-13-14-19-16/h15H,3-14H2,1-2H3. The highest BCUT2D eigenvalue weighted by Gasteiger charge is 2.40. The van der Waals surface area contributed by atoms with Crippen molar-refractivity contribution in [2.45, 2.75) is 76.5 Å². The third-order valence-corrected chi connectivity index (χ3v) is 4.77. The van der Waals surface area contributed by atoms with Crippen LogP contribution in [0.3, 0.4) is 0 Å². The Hall–Kier alpha value is -0.120. The molecule has 2 aliphatic rings. The van der Waals surface area contributed by atoms with Crippen molar-refractivity contribution < 1.29 is 9.47 Å². The van der Waals surface area contributed by atoms with Crippen LogP contribution in [0.2, 0.25) is 0 Å². The van der Waals surface area contributed by atoms with Gasteiger partial charge in [0.1, 0.15) is 0 Å². The summed E-state index contributed by atoms with van der Waals surface area (Å²) in [6, 6.07) is 0.740. The number of rotatable bonds is 7. The Morgan fingerprint density at radius 1 is 1.00 bits per heavy atom. The molecule has 0 N–H and O–H groups in total. The zero-order valence-electron chi connectivity index (χ0n) is 12.8. The van der Waals surface area contributed by atoms with Gasteiger partial charge in [0.25, 0.3) is 0 Å². The summed E-state index contributed by atoms with van der Waals surface area (Å²) in [6.07, 6.45) is 11.5. The van der Waals surface area contributed by atoms with Crippen LogP contribution >= 0.6 is 0 Å². The van der Waals surface area contributed by atoms with Gasteiger partial charge in [-0.15, -0.1) is 0 Å². The maximum absolute atomic E-state index is 5.79. The van der Waals surface area contributed by atoms with Gasteiger partial charge >= 0.3 is 0 Å². The minimum atomic E-state index is -0.196. The number of nitrogens with zero attached hydrogens (tertiary/aromatic N) is 1. The lowest BCUT2D eigenvalue weighted by Crippen LogP contribution is -2.43. The molecule has 3 nitrogen and oxygen atoms in total. The maximum atomic E-state index is 5.79. The Kier molecular flexibility index (Phi) is 6.11. The molecule has 0 unspecified atom stereocenters.